The highest BCUT2D eigenvalue weighted by Gasteiger charge is 2.24. The number of carbonyl (C=O) groups excluding carboxylic acids is 2. The molecule has 3 rings (SSSR count). The molecule has 1 saturated heterocycles. The summed E-state index contributed by atoms with van der Waals surface area (Å²) >= 11 is 0. The van der Waals surface area contributed by atoms with Gasteiger partial charge in [-0.3, -0.25) is 14.9 Å². The molecule has 0 saturated carbocycles. The molecule has 20 heavy (non-hydrogen) atoms. The highest BCUT2D eigenvalue weighted by molar-refractivity contribution is 6.12. The predicted octanol–water partition coefficient (Wildman–Crippen LogP) is 1.85. The van der Waals surface area contributed by atoms with E-state index in [4.69, 9.17) is 0 Å². The lowest BCUT2D eigenvalue weighted by Gasteiger charge is -2.11. The Kier molecular flexibility index (Phi) is 3.48. The Morgan fingerprint density at radius 2 is 1.90 bits per heavy atom. The zero-order valence-corrected chi connectivity index (χ0v) is 11.1. The summed E-state index contributed by atoms with van der Waals surface area (Å²) in [6, 6.07) is 12.9. The zero-order chi connectivity index (χ0) is 13.9. The first kappa shape index (κ1) is 12.8. The van der Waals surface area contributed by atoms with Crippen LogP contribution >= 0.6 is 0 Å². The Labute approximate surface area is 117 Å². The van der Waals surface area contributed by atoms with Gasteiger partial charge in [0.05, 0.1) is 6.04 Å². The van der Waals surface area contributed by atoms with Crippen LogP contribution in [0.3, 0.4) is 0 Å². The minimum atomic E-state index is -0.333. The van der Waals surface area contributed by atoms with Gasteiger partial charge in [-0.25, -0.2) is 0 Å². The molecule has 0 unspecified atom stereocenters. The summed E-state index contributed by atoms with van der Waals surface area (Å²) in [4.78, 5) is 24.2. The van der Waals surface area contributed by atoms with Gasteiger partial charge in [-0.1, -0.05) is 36.4 Å². The van der Waals surface area contributed by atoms with Gasteiger partial charge in [-0.05, 0) is 36.2 Å². The summed E-state index contributed by atoms with van der Waals surface area (Å²) < 4.78 is 0. The van der Waals surface area contributed by atoms with Gasteiger partial charge in [0.25, 0.3) is 5.91 Å². The normalized spacial score (nSPS) is 18.1. The molecule has 0 aromatic heterocycles. The Morgan fingerprint density at radius 3 is 2.70 bits per heavy atom. The van der Waals surface area contributed by atoms with E-state index in [1.54, 1.807) is 6.07 Å². The predicted molar refractivity (Wildman–Crippen MR) is 77.4 cm³/mol. The molecule has 0 radical (unpaired) electrons. The standard InChI is InChI=1S/C16H16N2O2/c19-15(18-16(20)14-9-4-10-17-14)13-8-3-6-11-5-1-2-7-12(11)13/h1-3,5-8,14,17H,4,9-10H2,(H,18,19,20)/t14-/m0/s1. The fourth-order valence-electron chi connectivity index (χ4n) is 2.60. The molecule has 1 atom stereocenters. The van der Waals surface area contributed by atoms with Gasteiger partial charge < -0.3 is 5.32 Å². The number of hydrogen-bond donors (Lipinski definition) is 2. The Bertz CT molecular complexity index is 655. The van der Waals surface area contributed by atoms with Crippen molar-refractivity contribution in [1.29, 1.82) is 0 Å². The first-order valence-electron chi connectivity index (χ1n) is 6.82. The summed E-state index contributed by atoms with van der Waals surface area (Å²) in [6.07, 6.45) is 1.76. The molecule has 4 nitrogen and oxygen atoms in total. The number of nitrogens with one attached hydrogen (secondary N) is 2. The third-order valence-corrected chi connectivity index (χ3v) is 3.65. The monoisotopic (exact) mass is 268 g/mol. The van der Waals surface area contributed by atoms with Gasteiger partial charge in [-0.15, -0.1) is 0 Å². The lowest BCUT2D eigenvalue weighted by molar-refractivity contribution is -0.121. The van der Waals surface area contributed by atoms with E-state index in [0.717, 1.165) is 30.2 Å². The lowest BCUT2D eigenvalue weighted by atomic mass is 10.0. The number of amides is 2. The van der Waals surface area contributed by atoms with Gasteiger partial charge in [0.2, 0.25) is 5.91 Å². The maximum Gasteiger partial charge on any atom is 0.258 e. The van der Waals surface area contributed by atoms with Crippen LogP contribution < -0.4 is 10.6 Å². The third kappa shape index (κ3) is 2.42. The quantitative estimate of drug-likeness (QED) is 0.817. The van der Waals surface area contributed by atoms with E-state index in [1.807, 2.05) is 36.4 Å². The topological polar surface area (TPSA) is 58.2 Å². The van der Waals surface area contributed by atoms with Gasteiger partial charge in [0.1, 0.15) is 0 Å². The molecule has 0 spiro atoms. The van der Waals surface area contributed by atoms with Crippen LogP contribution in [0.5, 0.6) is 0 Å². The lowest BCUT2D eigenvalue weighted by Crippen LogP contribution is -2.43. The number of rotatable bonds is 2. The smallest absolute Gasteiger partial charge is 0.258 e. The van der Waals surface area contributed by atoms with E-state index in [1.165, 1.54) is 0 Å². The van der Waals surface area contributed by atoms with E-state index in [-0.39, 0.29) is 17.9 Å². The van der Waals surface area contributed by atoms with Crippen LogP contribution in [-0.4, -0.2) is 24.4 Å². The van der Waals surface area contributed by atoms with Crippen molar-refractivity contribution in [3.63, 3.8) is 0 Å². The maximum atomic E-state index is 12.3. The maximum absolute atomic E-state index is 12.3. The molecule has 1 aliphatic heterocycles. The summed E-state index contributed by atoms with van der Waals surface area (Å²) in [7, 11) is 0. The number of imide groups is 1. The zero-order valence-electron chi connectivity index (χ0n) is 11.1. The SMILES string of the molecule is O=C(NC(=O)[C@@H]1CCCN1)c1cccc2ccccc12. The third-order valence-electron chi connectivity index (χ3n) is 3.65. The molecular weight excluding hydrogens is 252 g/mol. The second-order valence-corrected chi connectivity index (χ2v) is 4.99. The molecule has 102 valence electrons. The Morgan fingerprint density at radius 1 is 1.10 bits per heavy atom. The Hall–Kier alpha value is -2.20. The highest BCUT2D eigenvalue weighted by Crippen LogP contribution is 2.18. The van der Waals surface area contributed by atoms with Crippen LogP contribution in [0.1, 0.15) is 23.2 Å². The molecule has 1 heterocycles. The van der Waals surface area contributed by atoms with E-state index in [9.17, 15) is 9.59 Å². The van der Waals surface area contributed by atoms with Crippen molar-refractivity contribution in [3.8, 4) is 0 Å². The van der Waals surface area contributed by atoms with E-state index in [0.29, 0.717) is 5.56 Å². The first-order valence-corrected chi connectivity index (χ1v) is 6.82. The van der Waals surface area contributed by atoms with Crippen molar-refractivity contribution in [3.05, 3.63) is 48.0 Å². The summed E-state index contributed by atoms with van der Waals surface area (Å²) in [5.74, 6) is -0.569. The average Bonchev–Trinajstić information content (AvgIpc) is 3.01. The summed E-state index contributed by atoms with van der Waals surface area (Å²) in [5, 5.41) is 7.43. The van der Waals surface area contributed by atoms with Crippen LogP contribution in [0.2, 0.25) is 0 Å². The molecule has 1 aliphatic rings. The van der Waals surface area contributed by atoms with Crippen molar-refractivity contribution in [1.82, 2.24) is 10.6 Å². The van der Waals surface area contributed by atoms with Crippen molar-refractivity contribution >= 4 is 22.6 Å². The Balaban J connectivity index is 1.83. The second kappa shape index (κ2) is 5.43. The van der Waals surface area contributed by atoms with Crippen LogP contribution in [0.4, 0.5) is 0 Å². The van der Waals surface area contributed by atoms with E-state index >= 15 is 0 Å². The van der Waals surface area contributed by atoms with E-state index < -0.39 is 0 Å². The van der Waals surface area contributed by atoms with Gasteiger partial charge >= 0.3 is 0 Å². The molecule has 0 bridgehead atoms. The molecule has 4 heteroatoms. The number of hydrogen-bond acceptors (Lipinski definition) is 3. The molecule has 0 aliphatic carbocycles. The second-order valence-electron chi connectivity index (χ2n) is 4.99. The number of benzene rings is 2. The van der Waals surface area contributed by atoms with Crippen LogP contribution in [0.15, 0.2) is 42.5 Å². The molecular formula is C16H16N2O2. The van der Waals surface area contributed by atoms with Gasteiger partial charge in [0, 0.05) is 5.56 Å². The van der Waals surface area contributed by atoms with Crippen molar-refractivity contribution in [2.24, 2.45) is 0 Å². The molecule has 2 amide bonds. The van der Waals surface area contributed by atoms with Gasteiger partial charge in [0.15, 0.2) is 0 Å². The molecule has 1 fully saturated rings. The number of carbonyl (C=O) groups is 2. The first-order chi connectivity index (χ1) is 9.75. The minimum Gasteiger partial charge on any atom is -0.306 e. The summed E-state index contributed by atoms with van der Waals surface area (Å²) in [5.41, 5.74) is 0.537. The van der Waals surface area contributed by atoms with Crippen LogP contribution in [-0.2, 0) is 4.79 Å². The highest BCUT2D eigenvalue weighted by atomic mass is 16.2. The molecule has 2 N–H and O–H groups in total. The van der Waals surface area contributed by atoms with E-state index in [2.05, 4.69) is 10.6 Å². The largest absolute Gasteiger partial charge is 0.306 e. The van der Waals surface area contributed by atoms with Crippen LogP contribution in [0, 0.1) is 0 Å². The fraction of sp³-hybridized carbons (Fsp3) is 0.250. The average molecular weight is 268 g/mol. The number of fused-ring (bicyclic) bond motifs is 1. The van der Waals surface area contributed by atoms with Crippen molar-refractivity contribution in [2.75, 3.05) is 6.54 Å². The summed E-state index contributed by atoms with van der Waals surface area (Å²) in [6.45, 7) is 0.834. The minimum absolute atomic E-state index is 0.236. The van der Waals surface area contributed by atoms with Crippen LogP contribution in [0.25, 0.3) is 10.8 Å². The van der Waals surface area contributed by atoms with Gasteiger partial charge in [-0.2, -0.15) is 0 Å². The fourth-order valence-corrected chi connectivity index (χ4v) is 2.60. The van der Waals surface area contributed by atoms with Crippen molar-refractivity contribution < 1.29 is 9.59 Å². The molecule has 2 aromatic carbocycles. The molecule has 2 aromatic rings. The van der Waals surface area contributed by atoms with Crippen molar-refractivity contribution in [2.45, 2.75) is 18.9 Å².